The Morgan fingerprint density at radius 1 is 1.29 bits per heavy atom. The van der Waals surface area contributed by atoms with Crippen LogP contribution in [-0.2, 0) is 9.53 Å². The summed E-state index contributed by atoms with van der Waals surface area (Å²) in [4.78, 5) is 24.8. The van der Waals surface area contributed by atoms with Crippen molar-refractivity contribution in [2.45, 2.75) is 31.7 Å². The highest BCUT2D eigenvalue weighted by atomic mass is 35.5. The molecule has 24 heavy (non-hydrogen) atoms. The van der Waals surface area contributed by atoms with Gasteiger partial charge in [0.15, 0.2) is 0 Å². The van der Waals surface area contributed by atoms with Gasteiger partial charge in [-0.05, 0) is 32.3 Å². The van der Waals surface area contributed by atoms with E-state index in [4.69, 9.17) is 16.3 Å². The molecule has 0 aromatic heterocycles. The van der Waals surface area contributed by atoms with Crippen molar-refractivity contribution in [1.29, 1.82) is 0 Å². The van der Waals surface area contributed by atoms with E-state index in [9.17, 15) is 14.7 Å². The van der Waals surface area contributed by atoms with Crippen molar-refractivity contribution in [2.24, 2.45) is 0 Å². The lowest BCUT2D eigenvalue weighted by molar-refractivity contribution is -0.154. The summed E-state index contributed by atoms with van der Waals surface area (Å²) >= 11 is 6.23. The monoisotopic (exact) mass is 347 g/mol. The molecule has 0 spiro atoms. The largest absolute Gasteiger partial charge is 0.506 e. The van der Waals surface area contributed by atoms with E-state index in [-0.39, 0.29) is 17.9 Å². The number of nitrogens with one attached hydrogen (secondary N) is 1. The summed E-state index contributed by atoms with van der Waals surface area (Å²) in [5, 5.41) is 14.7. The van der Waals surface area contributed by atoms with Crippen LogP contribution in [0.2, 0.25) is 5.02 Å². The van der Waals surface area contributed by atoms with E-state index in [0.29, 0.717) is 28.6 Å². The van der Waals surface area contributed by atoms with Gasteiger partial charge in [0, 0.05) is 15.8 Å². The fraction of sp³-hybridized carbons (Fsp3) is 0.333. The molecular weight excluding hydrogens is 330 g/mol. The predicted octanol–water partition coefficient (Wildman–Crippen LogP) is 3.41. The number of fused-ring (bicyclic) bond motifs is 1. The van der Waals surface area contributed by atoms with E-state index in [0.717, 1.165) is 6.42 Å². The van der Waals surface area contributed by atoms with E-state index in [1.54, 1.807) is 31.2 Å². The molecular formula is C18H18ClNO4. The zero-order valence-electron chi connectivity index (χ0n) is 13.3. The molecule has 2 aromatic rings. The SMILES string of the molecule is CCOC(=O)C1(NC(=O)c2cc(Cl)c3ccccc3c2O)CCC1. The maximum absolute atomic E-state index is 12.6. The van der Waals surface area contributed by atoms with Gasteiger partial charge in [-0.2, -0.15) is 0 Å². The second kappa shape index (κ2) is 6.32. The Bertz CT molecular complexity index is 814. The highest BCUT2D eigenvalue weighted by molar-refractivity contribution is 6.36. The third-order valence-corrected chi connectivity index (χ3v) is 4.75. The first-order chi connectivity index (χ1) is 11.5. The van der Waals surface area contributed by atoms with Crippen LogP contribution in [0, 0.1) is 0 Å². The smallest absolute Gasteiger partial charge is 0.331 e. The molecule has 2 aromatic carbocycles. The molecule has 126 valence electrons. The number of esters is 1. The lowest BCUT2D eigenvalue weighted by Crippen LogP contribution is -2.59. The Morgan fingerprint density at radius 3 is 2.54 bits per heavy atom. The molecule has 3 rings (SSSR count). The second-order valence-corrected chi connectivity index (χ2v) is 6.32. The van der Waals surface area contributed by atoms with Crippen LogP contribution in [0.4, 0.5) is 0 Å². The first-order valence-corrected chi connectivity index (χ1v) is 8.26. The van der Waals surface area contributed by atoms with Crippen LogP contribution in [0.25, 0.3) is 10.8 Å². The zero-order chi connectivity index (χ0) is 17.3. The summed E-state index contributed by atoms with van der Waals surface area (Å²) in [6.07, 6.45) is 1.89. The molecule has 0 radical (unpaired) electrons. The highest BCUT2D eigenvalue weighted by Gasteiger charge is 2.47. The van der Waals surface area contributed by atoms with Crippen LogP contribution in [-0.4, -0.2) is 29.1 Å². The molecule has 6 heteroatoms. The summed E-state index contributed by atoms with van der Waals surface area (Å²) in [6.45, 7) is 1.98. The number of hydrogen-bond acceptors (Lipinski definition) is 4. The number of rotatable bonds is 4. The minimum absolute atomic E-state index is 0.0503. The summed E-state index contributed by atoms with van der Waals surface area (Å²) in [7, 11) is 0. The molecule has 1 amide bonds. The topological polar surface area (TPSA) is 75.6 Å². The van der Waals surface area contributed by atoms with Crippen LogP contribution >= 0.6 is 11.6 Å². The third-order valence-electron chi connectivity index (χ3n) is 4.44. The van der Waals surface area contributed by atoms with Gasteiger partial charge in [0.25, 0.3) is 5.91 Å². The molecule has 2 N–H and O–H groups in total. The molecule has 1 aliphatic carbocycles. The third kappa shape index (κ3) is 2.69. The fourth-order valence-electron chi connectivity index (χ4n) is 2.95. The van der Waals surface area contributed by atoms with Crippen molar-refractivity contribution in [3.63, 3.8) is 0 Å². The first-order valence-electron chi connectivity index (χ1n) is 7.88. The molecule has 0 heterocycles. The van der Waals surface area contributed by atoms with E-state index in [1.807, 2.05) is 0 Å². The maximum Gasteiger partial charge on any atom is 0.331 e. The van der Waals surface area contributed by atoms with Gasteiger partial charge in [0.2, 0.25) is 0 Å². The Kier molecular flexibility index (Phi) is 4.37. The van der Waals surface area contributed by atoms with Crippen molar-refractivity contribution in [1.82, 2.24) is 5.32 Å². The molecule has 0 aliphatic heterocycles. The molecule has 5 nitrogen and oxygen atoms in total. The second-order valence-electron chi connectivity index (χ2n) is 5.91. The molecule has 1 fully saturated rings. The van der Waals surface area contributed by atoms with E-state index in [2.05, 4.69) is 5.32 Å². The van der Waals surface area contributed by atoms with Crippen molar-refractivity contribution in [3.05, 3.63) is 40.9 Å². The molecule has 1 aliphatic rings. The van der Waals surface area contributed by atoms with Gasteiger partial charge in [-0.15, -0.1) is 0 Å². The molecule has 0 saturated heterocycles. The summed E-state index contributed by atoms with van der Waals surface area (Å²) < 4.78 is 5.07. The van der Waals surface area contributed by atoms with E-state index >= 15 is 0 Å². The Balaban J connectivity index is 1.94. The van der Waals surface area contributed by atoms with Crippen LogP contribution in [0.1, 0.15) is 36.5 Å². The van der Waals surface area contributed by atoms with Crippen molar-refractivity contribution in [2.75, 3.05) is 6.61 Å². The van der Waals surface area contributed by atoms with Gasteiger partial charge >= 0.3 is 5.97 Å². The number of hydrogen-bond donors (Lipinski definition) is 2. The average molecular weight is 348 g/mol. The number of carbonyl (C=O) groups excluding carboxylic acids is 2. The maximum atomic E-state index is 12.6. The Labute approximate surface area is 144 Å². The normalized spacial score (nSPS) is 15.6. The number of amides is 1. The molecule has 1 saturated carbocycles. The van der Waals surface area contributed by atoms with Gasteiger partial charge in [0.1, 0.15) is 11.3 Å². The number of benzene rings is 2. The fourth-order valence-corrected chi connectivity index (χ4v) is 3.23. The van der Waals surface area contributed by atoms with Crippen LogP contribution in [0.15, 0.2) is 30.3 Å². The zero-order valence-corrected chi connectivity index (χ0v) is 14.0. The molecule has 0 atom stereocenters. The number of aromatic hydroxyl groups is 1. The number of halogens is 1. The van der Waals surface area contributed by atoms with Crippen LogP contribution < -0.4 is 5.32 Å². The van der Waals surface area contributed by atoms with Gasteiger partial charge < -0.3 is 15.2 Å². The summed E-state index contributed by atoms with van der Waals surface area (Å²) in [5.74, 6) is -1.12. The molecule has 0 bridgehead atoms. The minimum Gasteiger partial charge on any atom is -0.506 e. The number of phenolic OH excluding ortho intramolecular Hbond substituents is 1. The Hall–Kier alpha value is -2.27. The van der Waals surface area contributed by atoms with Crippen molar-refractivity contribution >= 4 is 34.2 Å². The van der Waals surface area contributed by atoms with Gasteiger partial charge in [0.05, 0.1) is 12.2 Å². The predicted molar refractivity (Wildman–Crippen MR) is 91.3 cm³/mol. The summed E-state index contributed by atoms with van der Waals surface area (Å²) in [6, 6.07) is 8.44. The van der Waals surface area contributed by atoms with Crippen LogP contribution in [0.5, 0.6) is 5.75 Å². The Morgan fingerprint density at radius 2 is 1.96 bits per heavy atom. The summed E-state index contributed by atoms with van der Waals surface area (Å²) in [5.41, 5.74) is -0.952. The number of phenols is 1. The van der Waals surface area contributed by atoms with E-state index in [1.165, 1.54) is 6.07 Å². The van der Waals surface area contributed by atoms with Gasteiger partial charge in [-0.1, -0.05) is 35.9 Å². The highest BCUT2D eigenvalue weighted by Crippen LogP contribution is 2.37. The number of ether oxygens (including phenoxy) is 1. The number of carbonyl (C=O) groups is 2. The van der Waals surface area contributed by atoms with Gasteiger partial charge in [-0.3, -0.25) is 4.79 Å². The van der Waals surface area contributed by atoms with E-state index < -0.39 is 17.4 Å². The van der Waals surface area contributed by atoms with Crippen LogP contribution in [0.3, 0.4) is 0 Å². The van der Waals surface area contributed by atoms with Crippen molar-refractivity contribution < 1.29 is 19.4 Å². The standard InChI is InChI=1S/C18H18ClNO4/c1-2-24-17(23)18(8-5-9-18)20-16(22)13-10-14(19)11-6-3-4-7-12(11)15(13)21/h3-4,6-7,10,21H,2,5,8-9H2,1H3,(H,20,22). The van der Waals surface area contributed by atoms with Gasteiger partial charge in [-0.25, -0.2) is 4.79 Å². The average Bonchev–Trinajstić information content (AvgIpc) is 2.54. The first kappa shape index (κ1) is 16.6. The van der Waals surface area contributed by atoms with Crippen molar-refractivity contribution in [3.8, 4) is 5.75 Å². The lowest BCUT2D eigenvalue weighted by Gasteiger charge is -2.39. The quantitative estimate of drug-likeness (QED) is 0.831. The lowest BCUT2D eigenvalue weighted by atomic mass is 9.76. The minimum atomic E-state index is -1.00. The molecule has 0 unspecified atom stereocenters.